The SMILES string of the molecule is C[C@](O)(C(O)OP(=O)(OC[C@H]1O[C@@H](n2ccc(N)nc2=O)[C@H](O)[C@@H]1O)OP(=O)(O)O)[C@H](O)CO. The molecule has 18 nitrogen and oxygen atoms in total. The number of rotatable bonds is 11. The van der Waals surface area contributed by atoms with Crippen molar-refractivity contribution in [3.05, 3.63) is 22.7 Å². The van der Waals surface area contributed by atoms with Crippen LogP contribution in [-0.4, -0.2) is 99.5 Å². The summed E-state index contributed by atoms with van der Waals surface area (Å²) in [6.07, 6.45) is -10.3. The summed E-state index contributed by atoms with van der Waals surface area (Å²) in [7, 11) is -11.1. The molecule has 0 amide bonds. The molecule has 0 aromatic carbocycles. The quantitative estimate of drug-likeness (QED) is 0.0963. The van der Waals surface area contributed by atoms with Crippen LogP contribution in [0.4, 0.5) is 5.82 Å². The minimum atomic E-state index is -5.62. The molecule has 1 saturated heterocycles. The molecule has 1 aliphatic heterocycles. The molecule has 196 valence electrons. The zero-order valence-corrected chi connectivity index (χ0v) is 19.1. The van der Waals surface area contributed by atoms with E-state index in [1.165, 1.54) is 6.07 Å². The van der Waals surface area contributed by atoms with Gasteiger partial charge in [0.15, 0.2) is 12.5 Å². The molecule has 10 N–H and O–H groups in total. The summed E-state index contributed by atoms with van der Waals surface area (Å²) in [5, 5.41) is 58.8. The minimum absolute atomic E-state index is 0.136. The predicted octanol–water partition coefficient (Wildman–Crippen LogP) is -3.88. The van der Waals surface area contributed by atoms with E-state index in [-0.39, 0.29) is 5.82 Å². The predicted molar refractivity (Wildman–Crippen MR) is 106 cm³/mol. The van der Waals surface area contributed by atoms with E-state index in [9.17, 15) is 39.5 Å². The zero-order chi connectivity index (χ0) is 26.1. The second-order valence-corrected chi connectivity index (χ2v) is 10.3. The van der Waals surface area contributed by atoms with Crippen molar-refractivity contribution in [1.29, 1.82) is 0 Å². The molecule has 2 rings (SSSR count). The van der Waals surface area contributed by atoms with E-state index in [0.717, 1.165) is 17.7 Å². The fourth-order valence-electron chi connectivity index (χ4n) is 2.66. The topological polar surface area (TPSA) is 294 Å². The number of nitrogens with zero attached hydrogens (tertiary/aromatic N) is 2. The van der Waals surface area contributed by atoms with Crippen LogP contribution in [0.2, 0.25) is 0 Å². The lowest BCUT2D eigenvalue weighted by atomic mass is 9.99. The van der Waals surface area contributed by atoms with Crippen molar-refractivity contribution in [2.45, 2.75) is 49.5 Å². The number of hydrogen-bond donors (Lipinski definition) is 9. The van der Waals surface area contributed by atoms with Crippen LogP contribution in [0.15, 0.2) is 17.1 Å². The van der Waals surface area contributed by atoms with Crippen LogP contribution in [0.1, 0.15) is 13.2 Å². The number of phosphoric ester groups is 1. The molecule has 1 aliphatic rings. The number of phosphoric acid groups is 2. The minimum Gasteiger partial charge on any atom is -0.394 e. The first kappa shape index (κ1) is 28.9. The smallest absolute Gasteiger partial charge is 0.394 e. The van der Waals surface area contributed by atoms with E-state index in [4.69, 9.17) is 29.9 Å². The van der Waals surface area contributed by atoms with Gasteiger partial charge in [-0.25, -0.2) is 13.9 Å². The van der Waals surface area contributed by atoms with Gasteiger partial charge in [0.1, 0.15) is 35.8 Å². The summed E-state index contributed by atoms with van der Waals surface area (Å²) in [5.74, 6) is -0.136. The van der Waals surface area contributed by atoms with E-state index in [1.807, 2.05) is 0 Å². The molecule has 0 saturated carbocycles. The summed E-state index contributed by atoms with van der Waals surface area (Å²) in [6.45, 7) is -1.43. The van der Waals surface area contributed by atoms with E-state index in [2.05, 4.69) is 13.8 Å². The lowest BCUT2D eigenvalue weighted by molar-refractivity contribution is -0.215. The van der Waals surface area contributed by atoms with Gasteiger partial charge in [-0.1, -0.05) is 0 Å². The Labute approximate surface area is 190 Å². The molecule has 0 radical (unpaired) electrons. The van der Waals surface area contributed by atoms with Gasteiger partial charge in [0.2, 0.25) is 0 Å². The lowest BCUT2D eigenvalue weighted by Crippen LogP contribution is -2.52. The Morgan fingerprint density at radius 1 is 1.29 bits per heavy atom. The number of hydrogen-bond acceptors (Lipinski definition) is 15. The van der Waals surface area contributed by atoms with Crippen LogP contribution in [0.25, 0.3) is 0 Å². The third kappa shape index (κ3) is 6.87. The Morgan fingerprint density at radius 2 is 1.91 bits per heavy atom. The number of nitrogen functional groups attached to an aromatic ring is 1. The zero-order valence-electron chi connectivity index (χ0n) is 17.3. The maximum absolute atomic E-state index is 12.7. The number of nitrogens with two attached hydrogens (primary N) is 1. The second-order valence-electron chi connectivity index (χ2n) is 7.29. The molecule has 8 atom stereocenters. The van der Waals surface area contributed by atoms with E-state index in [0.29, 0.717) is 0 Å². The number of aliphatic hydroxyl groups excluding tert-OH is 5. The van der Waals surface area contributed by atoms with E-state index in [1.54, 1.807) is 0 Å². The summed E-state index contributed by atoms with van der Waals surface area (Å²) in [6, 6.07) is 1.19. The van der Waals surface area contributed by atoms with E-state index < -0.39 is 77.1 Å². The van der Waals surface area contributed by atoms with Gasteiger partial charge >= 0.3 is 21.3 Å². The van der Waals surface area contributed by atoms with Crippen molar-refractivity contribution in [1.82, 2.24) is 9.55 Å². The highest BCUT2D eigenvalue weighted by Crippen LogP contribution is 2.62. The third-order valence-electron chi connectivity index (χ3n) is 4.64. The van der Waals surface area contributed by atoms with Crippen LogP contribution >= 0.6 is 15.6 Å². The highest BCUT2D eigenvalue weighted by Gasteiger charge is 2.49. The number of aromatic nitrogens is 2. The largest absolute Gasteiger partial charge is 0.486 e. The molecular formula is C14H25N3O15P2. The maximum Gasteiger partial charge on any atom is 0.486 e. The van der Waals surface area contributed by atoms with Gasteiger partial charge < -0.3 is 50.9 Å². The highest BCUT2D eigenvalue weighted by molar-refractivity contribution is 7.61. The summed E-state index contributed by atoms with van der Waals surface area (Å²) >= 11 is 0. The van der Waals surface area contributed by atoms with Crippen molar-refractivity contribution >= 4 is 21.5 Å². The Morgan fingerprint density at radius 3 is 2.44 bits per heavy atom. The van der Waals surface area contributed by atoms with Gasteiger partial charge in [-0.15, -0.1) is 0 Å². The average molecular weight is 537 g/mol. The molecule has 0 aliphatic carbocycles. The van der Waals surface area contributed by atoms with Gasteiger partial charge in [-0.2, -0.15) is 9.29 Å². The molecule has 0 bridgehead atoms. The molecule has 2 heterocycles. The first-order valence-corrected chi connectivity index (χ1v) is 12.3. The van der Waals surface area contributed by atoms with Crippen molar-refractivity contribution in [2.75, 3.05) is 18.9 Å². The fourth-order valence-corrected chi connectivity index (χ4v) is 4.90. The van der Waals surface area contributed by atoms with Gasteiger partial charge in [0.05, 0.1) is 13.2 Å². The summed E-state index contributed by atoms with van der Waals surface area (Å²) in [5.41, 5.74) is 1.70. The third-order valence-corrected chi connectivity index (χ3v) is 7.22. The van der Waals surface area contributed by atoms with Crippen molar-refractivity contribution in [2.24, 2.45) is 0 Å². The highest BCUT2D eigenvalue weighted by atomic mass is 31.3. The monoisotopic (exact) mass is 537 g/mol. The second kappa shape index (κ2) is 10.7. The lowest BCUT2D eigenvalue weighted by Gasteiger charge is -2.33. The standard InChI is InChI=1S/C14H25N3O15P2/c1-14(24,7(19)4-18)12(22)31-34(28,32-33(25,26)27)29-5-6-9(20)10(21)11(30-6)17-3-2-8(15)16-13(17)23/h2-3,6-7,9-12,18-22,24H,4-5H2,1H3,(H2,15,16,23)(H2,25,26,27)/t6-,7-,9-,10-,11-,12?,14-,34?/m1/s1. The number of ether oxygens (including phenoxy) is 1. The van der Waals surface area contributed by atoms with Crippen LogP contribution in [0, 0.1) is 0 Å². The maximum atomic E-state index is 12.7. The van der Waals surface area contributed by atoms with Gasteiger partial charge in [-0.05, 0) is 13.0 Å². The van der Waals surface area contributed by atoms with Crippen molar-refractivity contribution in [3.63, 3.8) is 0 Å². The Hall–Kier alpha value is -1.34. The molecule has 0 spiro atoms. The first-order valence-electron chi connectivity index (χ1n) is 9.26. The molecule has 1 aromatic heterocycles. The van der Waals surface area contributed by atoms with Crippen LogP contribution in [-0.2, 0) is 27.2 Å². The summed E-state index contributed by atoms with van der Waals surface area (Å²) < 4.78 is 43.1. The van der Waals surface area contributed by atoms with Crippen LogP contribution in [0.3, 0.4) is 0 Å². The van der Waals surface area contributed by atoms with Crippen LogP contribution in [0.5, 0.6) is 0 Å². The van der Waals surface area contributed by atoms with Gasteiger partial charge in [0, 0.05) is 6.20 Å². The molecule has 2 unspecified atom stereocenters. The average Bonchev–Trinajstić information content (AvgIpc) is 2.98. The first-order chi connectivity index (χ1) is 15.5. The number of aliphatic hydroxyl groups is 6. The van der Waals surface area contributed by atoms with Crippen molar-refractivity contribution in [3.8, 4) is 0 Å². The molecule has 34 heavy (non-hydrogen) atoms. The molecule has 1 fully saturated rings. The van der Waals surface area contributed by atoms with E-state index >= 15 is 0 Å². The summed E-state index contributed by atoms with van der Waals surface area (Å²) in [4.78, 5) is 33.4. The van der Waals surface area contributed by atoms with Gasteiger partial charge in [-0.3, -0.25) is 13.6 Å². The molecule has 1 aromatic rings. The Bertz CT molecular complexity index is 999. The Balaban J connectivity index is 2.20. The van der Waals surface area contributed by atoms with Crippen molar-refractivity contribution < 1.29 is 67.7 Å². The molecular weight excluding hydrogens is 512 g/mol. The number of anilines is 1. The Kier molecular flexibility index (Phi) is 9.12. The molecule has 20 heteroatoms. The van der Waals surface area contributed by atoms with Gasteiger partial charge in [0.25, 0.3) is 0 Å². The normalized spacial score (nSPS) is 28.7. The van der Waals surface area contributed by atoms with Crippen LogP contribution < -0.4 is 11.4 Å². The fraction of sp³-hybridized carbons (Fsp3) is 0.714.